The minimum atomic E-state index is 0.00315. The van der Waals surface area contributed by atoms with Crippen molar-refractivity contribution in [2.45, 2.75) is 26.8 Å². The molecule has 0 saturated carbocycles. The predicted octanol–water partition coefficient (Wildman–Crippen LogP) is 2.69. The van der Waals surface area contributed by atoms with Crippen molar-refractivity contribution in [3.63, 3.8) is 0 Å². The fraction of sp³-hybridized carbons (Fsp3) is 0.417. The van der Waals surface area contributed by atoms with Crippen LogP contribution >= 0.6 is 15.9 Å². The lowest BCUT2D eigenvalue weighted by Crippen LogP contribution is -2.34. The number of anilines is 1. The van der Waals surface area contributed by atoms with Crippen LogP contribution in [0.15, 0.2) is 22.7 Å². The third kappa shape index (κ3) is 4.23. The number of carbonyl (C=O) groups is 1. The molecule has 4 heteroatoms. The molecule has 0 bridgehead atoms. The van der Waals surface area contributed by atoms with Gasteiger partial charge in [-0.15, -0.1) is 0 Å². The lowest BCUT2D eigenvalue weighted by molar-refractivity contribution is -0.119. The molecule has 3 nitrogen and oxygen atoms in total. The molecule has 88 valence electrons. The van der Waals surface area contributed by atoms with Crippen LogP contribution in [0.2, 0.25) is 0 Å². The SMILES string of the molecule is Cc1ccc(Br)c(NCC(=O)NC(C)C)c1. The van der Waals surface area contributed by atoms with Crippen molar-refractivity contribution in [2.24, 2.45) is 0 Å². The van der Waals surface area contributed by atoms with Gasteiger partial charge < -0.3 is 10.6 Å². The van der Waals surface area contributed by atoms with Crippen LogP contribution in [-0.2, 0) is 4.79 Å². The van der Waals surface area contributed by atoms with E-state index in [1.54, 1.807) is 0 Å². The molecule has 0 aromatic heterocycles. The molecule has 0 aliphatic rings. The number of nitrogens with one attached hydrogen (secondary N) is 2. The Morgan fingerprint density at radius 3 is 2.75 bits per heavy atom. The Balaban J connectivity index is 2.54. The van der Waals surface area contributed by atoms with Gasteiger partial charge in [0, 0.05) is 16.2 Å². The summed E-state index contributed by atoms with van der Waals surface area (Å²) in [6.07, 6.45) is 0. The van der Waals surface area contributed by atoms with Crippen molar-refractivity contribution >= 4 is 27.5 Å². The summed E-state index contributed by atoms with van der Waals surface area (Å²) >= 11 is 3.44. The van der Waals surface area contributed by atoms with Crippen LogP contribution in [0.4, 0.5) is 5.69 Å². The number of rotatable bonds is 4. The van der Waals surface area contributed by atoms with Crippen molar-refractivity contribution in [2.75, 3.05) is 11.9 Å². The summed E-state index contributed by atoms with van der Waals surface area (Å²) in [6.45, 7) is 6.20. The Labute approximate surface area is 105 Å². The molecule has 0 heterocycles. The molecule has 0 atom stereocenters. The predicted molar refractivity (Wildman–Crippen MR) is 70.6 cm³/mol. The summed E-state index contributed by atoms with van der Waals surface area (Å²) in [4.78, 5) is 11.4. The minimum absolute atomic E-state index is 0.00315. The average Bonchev–Trinajstić information content (AvgIpc) is 2.18. The number of hydrogen-bond acceptors (Lipinski definition) is 2. The maximum absolute atomic E-state index is 11.4. The molecule has 16 heavy (non-hydrogen) atoms. The molecular weight excluding hydrogens is 268 g/mol. The minimum Gasteiger partial charge on any atom is -0.375 e. The van der Waals surface area contributed by atoms with E-state index in [0.29, 0.717) is 6.54 Å². The normalized spacial score (nSPS) is 10.3. The van der Waals surface area contributed by atoms with Gasteiger partial charge in [0.1, 0.15) is 0 Å². The van der Waals surface area contributed by atoms with E-state index in [1.165, 1.54) is 0 Å². The summed E-state index contributed by atoms with van der Waals surface area (Å²) in [6, 6.07) is 6.17. The van der Waals surface area contributed by atoms with Crippen LogP contribution in [0.5, 0.6) is 0 Å². The quantitative estimate of drug-likeness (QED) is 0.893. The first-order chi connectivity index (χ1) is 7.49. The van der Waals surface area contributed by atoms with Gasteiger partial charge in [-0.25, -0.2) is 0 Å². The van der Waals surface area contributed by atoms with E-state index in [-0.39, 0.29) is 11.9 Å². The monoisotopic (exact) mass is 284 g/mol. The van der Waals surface area contributed by atoms with Gasteiger partial charge in [0.05, 0.1) is 6.54 Å². The van der Waals surface area contributed by atoms with Crippen LogP contribution in [-0.4, -0.2) is 18.5 Å². The Bertz CT molecular complexity index is 377. The van der Waals surface area contributed by atoms with Gasteiger partial charge in [0.2, 0.25) is 5.91 Å². The molecule has 1 aromatic carbocycles. The number of benzene rings is 1. The summed E-state index contributed by atoms with van der Waals surface area (Å²) in [5.41, 5.74) is 2.11. The smallest absolute Gasteiger partial charge is 0.239 e. The highest BCUT2D eigenvalue weighted by molar-refractivity contribution is 9.10. The van der Waals surface area contributed by atoms with Crippen LogP contribution in [0, 0.1) is 6.92 Å². The highest BCUT2D eigenvalue weighted by atomic mass is 79.9. The molecule has 0 aliphatic carbocycles. The third-order valence-electron chi connectivity index (χ3n) is 2.01. The molecule has 0 saturated heterocycles. The van der Waals surface area contributed by atoms with Crippen molar-refractivity contribution in [1.29, 1.82) is 0 Å². The first-order valence-corrected chi connectivity index (χ1v) is 6.07. The van der Waals surface area contributed by atoms with Crippen LogP contribution in [0.25, 0.3) is 0 Å². The summed E-state index contributed by atoms with van der Waals surface area (Å²) in [5, 5.41) is 5.93. The Morgan fingerprint density at radius 1 is 1.44 bits per heavy atom. The fourth-order valence-corrected chi connectivity index (χ4v) is 1.71. The average molecular weight is 285 g/mol. The Kier molecular flexibility index (Phi) is 4.80. The van der Waals surface area contributed by atoms with Crippen LogP contribution < -0.4 is 10.6 Å². The van der Waals surface area contributed by atoms with Gasteiger partial charge in [-0.05, 0) is 54.4 Å². The molecule has 0 radical (unpaired) electrons. The zero-order chi connectivity index (χ0) is 12.1. The second-order valence-corrected chi connectivity index (χ2v) is 4.91. The van der Waals surface area contributed by atoms with Gasteiger partial charge in [0.25, 0.3) is 0 Å². The van der Waals surface area contributed by atoms with E-state index in [9.17, 15) is 4.79 Å². The van der Waals surface area contributed by atoms with Crippen molar-refractivity contribution in [3.05, 3.63) is 28.2 Å². The van der Waals surface area contributed by atoms with Gasteiger partial charge in [-0.3, -0.25) is 4.79 Å². The van der Waals surface area contributed by atoms with Gasteiger partial charge in [0.15, 0.2) is 0 Å². The topological polar surface area (TPSA) is 41.1 Å². The molecule has 1 aromatic rings. The molecule has 2 N–H and O–H groups in total. The molecule has 0 spiro atoms. The third-order valence-corrected chi connectivity index (χ3v) is 2.70. The number of hydrogen-bond donors (Lipinski definition) is 2. The molecule has 1 rings (SSSR count). The van der Waals surface area contributed by atoms with Gasteiger partial charge in [-0.1, -0.05) is 6.07 Å². The fourth-order valence-electron chi connectivity index (χ4n) is 1.32. The zero-order valence-electron chi connectivity index (χ0n) is 9.80. The summed E-state index contributed by atoms with van der Waals surface area (Å²) in [5.74, 6) is 0.00315. The van der Waals surface area contributed by atoms with E-state index >= 15 is 0 Å². The van der Waals surface area contributed by atoms with Crippen molar-refractivity contribution in [1.82, 2.24) is 5.32 Å². The van der Waals surface area contributed by atoms with Crippen LogP contribution in [0.3, 0.4) is 0 Å². The van der Waals surface area contributed by atoms with E-state index in [1.807, 2.05) is 39.0 Å². The zero-order valence-corrected chi connectivity index (χ0v) is 11.4. The second kappa shape index (κ2) is 5.89. The largest absolute Gasteiger partial charge is 0.375 e. The highest BCUT2D eigenvalue weighted by Gasteiger charge is 2.04. The van der Waals surface area contributed by atoms with E-state index in [4.69, 9.17) is 0 Å². The Hall–Kier alpha value is -1.03. The van der Waals surface area contributed by atoms with Crippen LogP contribution in [0.1, 0.15) is 19.4 Å². The first-order valence-electron chi connectivity index (χ1n) is 5.28. The van der Waals surface area contributed by atoms with Gasteiger partial charge >= 0.3 is 0 Å². The van der Waals surface area contributed by atoms with Crippen molar-refractivity contribution in [3.8, 4) is 0 Å². The van der Waals surface area contributed by atoms with Crippen molar-refractivity contribution < 1.29 is 4.79 Å². The molecule has 0 aliphatic heterocycles. The number of halogens is 1. The maximum Gasteiger partial charge on any atom is 0.239 e. The van der Waals surface area contributed by atoms with E-state index in [0.717, 1.165) is 15.7 Å². The Morgan fingerprint density at radius 2 is 2.12 bits per heavy atom. The number of aryl methyl sites for hydroxylation is 1. The lowest BCUT2D eigenvalue weighted by Gasteiger charge is -2.11. The van der Waals surface area contributed by atoms with E-state index < -0.39 is 0 Å². The molecule has 0 unspecified atom stereocenters. The first kappa shape index (κ1) is 13.0. The summed E-state index contributed by atoms with van der Waals surface area (Å²) < 4.78 is 0.968. The summed E-state index contributed by atoms with van der Waals surface area (Å²) in [7, 11) is 0. The lowest BCUT2D eigenvalue weighted by atomic mass is 10.2. The second-order valence-electron chi connectivity index (χ2n) is 4.06. The standard InChI is InChI=1S/C12H17BrN2O/c1-8(2)15-12(16)7-14-11-6-9(3)4-5-10(11)13/h4-6,8,14H,7H2,1-3H3,(H,15,16). The molecule has 0 fully saturated rings. The number of carbonyl (C=O) groups excluding carboxylic acids is 1. The van der Waals surface area contributed by atoms with E-state index in [2.05, 4.69) is 26.6 Å². The van der Waals surface area contributed by atoms with Gasteiger partial charge in [-0.2, -0.15) is 0 Å². The maximum atomic E-state index is 11.4. The number of amides is 1. The molecule has 1 amide bonds. The highest BCUT2D eigenvalue weighted by Crippen LogP contribution is 2.22. The molecular formula is C12H17BrN2O.